The number of aryl methyl sites for hydroxylation is 2. The number of fused-ring (bicyclic) bond motifs is 1. The first-order valence-electron chi connectivity index (χ1n) is 6.22. The van der Waals surface area contributed by atoms with E-state index < -0.39 is 0 Å². The van der Waals surface area contributed by atoms with E-state index >= 15 is 0 Å². The monoisotopic (exact) mass is 356 g/mol. The van der Waals surface area contributed by atoms with E-state index in [9.17, 15) is 0 Å². The van der Waals surface area contributed by atoms with Crippen LogP contribution in [-0.2, 0) is 6.42 Å². The Kier molecular flexibility index (Phi) is 3.63. The Morgan fingerprint density at radius 2 is 2.11 bits per heavy atom. The number of hydrogen-bond donors (Lipinski definition) is 0. The van der Waals surface area contributed by atoms with Crippen molar-refractivity contribution >= 4 is 38.9 Å². The smallest absolute Gasteiger partial charge is 0.127 e. The van der Waals surface area contributed by atoms with E-state index in [-0.39, 0.29) is 4.83 Å². The lowest BCUT2D eigenvalue weighted by Gasteiger charge is -2.13. The summed E-state index contributed by atoms with van der Waals surface area (Å²) in [5.74, 6) is 1.01. The maximum atomic E-state index is 6.22. The number of alkyl halides is 1. The molecule has 0 N–H and O–H groups in total. The van der Waals surface area contributed by atoms with Crippen molar-refractivity contribution < 1.29 is 4.74 Å². The highest BCUT2D eigenvalue weighted by atomic mass is 79.9. The van der Waals surface area contributed by atoms with Gasteiger partial charge in [-0.25, -0.2) is 0 Å². The summed E-state index contributed by atoms with van der Waals surface area (Å²) in [7, 11) is 0. The summed E-state index contributed by atoms with van der Waals surface area (Å²) in [5, 5.41) is 0.786. The lowest BCUT2D eigenvalue weighted by molar-refractivity contribution is 0.354. The Bertz CT molecular complexity index is 616. The van der Waals surface area contributed by atoms with Gasteiger partial charge in [-0.3, -0.25) is 0 Å². The summed E-state index contributed by atoms with van der Waals surface area (Å²) in [4.78, 5) is 2.81. The predicted molar refractivity (Wildman–Crippen MR) is 85.2 cm³/mol. The quantitative estimate of drug-likeness (QED) is 0.650. The van der Waals surface area contributed by atoms with Gasteiger partial charge in [0.15, 0.2) is 0 Å². The van der Waals surface area contributed by atoms with Crippen LogP contribution in [-0.4, -0.2) is 6.61 Å². The summed E-state index contributed by atoms with van der Waals surface area (Å²) < 4.78 is 5.78. The molecule has 0 aliphatic carbocycles. The Hall–Kier alpha value is -0.510. The van der Waals surface area contributed by atoms with Crippen molar-refractivity contribution in [2.75, 3.05) is 6.61 Å². The van der Waals surface area contributed by atoms with Crippen molar-refractivity contribution in [1.82, 2.24) is 0 Å². The fraction of sp³-hybridized carbons (Fsp3) is 0.333. The molecule has 0 bridgehead atoms. The average Bonchev–Trinajstić information content (AvgIpc) is 2.95. The van der Waals surface area contributed by atoms with Crippen LogP contribution in [0, 0.1) is 13.8 Å². The Morgan fingerprint density at radius 3 is 2.79 bits per heavy atom. The van der Waals surface area contributed by atoms with E-state index in [1.54, 1.807) is 0 Å². The predicted octanol–water partition coefficient (Wildman–Crippen LogP) is 5.44. The standard InChI is InChI=1S/C15H14BrClOS/c1-8-5-13(19-9(8)2)14(16)12-7-11(17)6-10-3-4-18-15(10)12/h5-7,14H,3-4H2,1-2H3. The van der Waals surface area contributed by atoms with Gasteiger partial charge in [-0.05, 0) is 43.2 Å². The summed E-state index contributed by atoms with van der Waals surface area (Å²) in [6, 6.07) is 6.26. The lowest BCUT2D eigenvalue weighted by atomic mass is 10.0. The van der Waals surface area contributed by atoms with Crippen molar-refractivity contribution in [2.24, 2.45) is 0 Å². The molecule has 100 valence electrons. The molecule has 1 atom stereocenters. The number of benzene rings is 1. The molecule has 1 aromatic heterocycles. The molecule has 2 aromatic rings. The van der Waals surface area contributed by atoms with Crippen LogP contribution in [0.5, 0.6) is 5.75 Å². The maximum Gasteiger partial charge on any atom is 0.127 e. The summed E-state index contributed by atoms with van der Waals surface area (Å²) in [5.41, 5.74) is 3.70. The molecule has 1 aliphatic heterocycles. The number of hydrogen-bond acceptors (Lipinski definition) is 2. The van der Waals surface area contributed by atoms with Gasteiger partial charge in [-0.2, -0.15) is 0 Å². The highest BCUT2D eigenvalue weighted by Crippen LogP contribution is 2.44. The van der Waals surface area contributed by atoms with Gasteiger partial charge in [-0.15, -0.1) is 11.3 Å². The molecule has 0 amide bonds. The fourth-order valence-electron chi connectivity index (χ4n) is 2.37. The SMILES string of the molecule is Cc1cc(C(Br)c2cc(Cl)cc3c2OCC3)sc1C. The molecule has 19 heavy (non-hydrogen) atoms. The minimum absolute atomic E-state index is 0.149. The van der Waals surface area contributed by atoms with Gasteiger partial charge in [0.1, 0.15) is 5.75 Å². The van der Waals surface area contributed by atoms with E-state index in [1.807, 2.05) is 23.5 Å². The minimum atomic E-state index is 0.149. The molecule has 1 unspecified atom stereocenters. The molecule has 4 heteroatoms. The fourth-order valence-corrected chi connectivity index (χ4v) is 4.41. The summed E-state index contributed by atoms with van der Waals surface area (Å²) in [6.45, 7) is 5.06. The van der Waals surface area contributed by atoms with Gasteiger partial charge < -0.3 is 4.74 Å². The normalized spacial score (nSPS) is 15.2. The van der Waals surface area contributed by atoms with Crippen molar-refractivity contribution in [3.63, 3.8) is 0 Å². The molecule has 1 aromatic carbocycles. The average molecular weight is 358 g/mol. The third-order valence-electron chi connectivity index (χ3n) is 3.49. The van der Waals surface area contributed by atoms with E-state index in [0.29, 0.717) is 0 Å². The van der Waals surface area contributed by atoms with Crippen LogP contribution in [0.1, 0.15) is 31.3 Å². The van der Waals surface area contributed by atoms with Crippen molar-refractivity contribution in [3.8, 4) is 5.75 Å². The second kappa shape index (κ2) is 5.12. The molecule has 0 saturated heterocycles. The van der Waals surface area contributed by atoms with Gasteiger partial charge in [0.05, 0.1) is 11.4 Å². The minimum Gasteiger partial charge on any atom is -0.493 e. The van der Waals surface area contributed by atoms with Crippen LogP contribution in [0.2, 0.25) is 5.02 Å². The molecule has 3 rings (SSSR count). The highest BCUT2D eigenvalue weighted by Gasteiger charge is 2.24. The zero-order chi connectivity index (χ0) is 13.6. The molecule has 0 spiro atoms. The summed E-state index contributed by atoms with van der Waals surface area (Å²) >= 11 is 11.8. The van der Waals surface area contributed by atoms with E-state index in [0.717, 1.165) is 29.4 Å². The van der Waals surface area contributed by atoms with Gasteiger partial charge in [0.2, 0.25) is 0 Å². The van der Waals surface area contributed by atoms with Crippen molar-refractivity contribution in [2.45, 2.75) is 25.1 Å². The van der Waals surface area contributed by atoms with E-state index in [2.05, 4.69) is 35.8 Å². The van der Waals surface area contributed by atoms with Crippen LogP contribution in [0.25, 0.3) is 0 Å². The Balaban J connectivity index is 2.07. The highest BCUT2D eigenvalue weighted by molar-refractivity contribution is 9.09. The van der Waals surface area contributed by atoms with Crippen LogP contribution < -0.4 is 4.74 Å². The number of halogens is 2. The zero-order valence-corrected chi connectivity index (χ0v) is 14.0. The Morgan fingerprint density at radius 1 is 1.32 bits per heavy atom. The third kappa shape index (κ3) is 2.44. The van der Waals surface area contributed by atoms with Crippen LogP contribution in [0.15, 0.2) is 18.2 Å². The molecule has 0 radical (unpaired) electrons. The first-order chi connectivity index (χ1) is 9.06. The number of rotatable bonds is 2. The maximum absolute atomic E-state index is 6.22. The van der Waals surface area contributed by atoms with Crippen LogP contribution >= 0.6 is 38.9 Å². The van der Waals surface area contributed by atoms with Gasteiger partial charge >= 0.3 is 0 Å². The van der Waals surface area contributed by atoms with Crippen LogP contribution in [0.3, 0.4) is 0 Å². The van der Waals surface area contributed by atoms with Gasteiger partial charge in [0.25, 0.3) is 0 Å². The molecule has 0 saturated carbocycles. The molecule has 0 fully saturated rings. The molecular formula is C15H14BrClOS. The van der Waals surface area contributed by atoms with E-state index in [4.69, 9.17) is 16.3 Å². The molecule has 2 heterocycles. The second-order valence-corrected chi connectivity index (χ2v) is 7.47. The van der Waals surface area contributed by atoms with Gasteiger partial charge in [0, 0.05) is 26.8 Å². The second-order valence-electron chi connectivity index (χ2n) is 4.83. The first kappa shape index (κ1) is 13.5. The lowest BCUT2D eigenvalue weighted by Crippen LogP contribution is -1.95. The first-order valence-corrected chi connectivity index (χ1v) is 8.33. The van der Waals surface area contributed by atoms with E-state index in [1.165, 1.54) is 20.9 Å². The third-order valence-corrected chi connectivity index (χ3v) is 6.21. The molecule has 1 aliphatic rings. The molecular weight excluding hydrogens is 344 g/mol. The van der Waals surface area contributed by atoms with Crippen molar-refractivity contribution in [3.05, 3.63) is 49.7 Å². The Labute approximate surface area is 130 Å². The zero-order valence-electron chi connectivity index (χ0n) is 10.8. The summed E-state index contributed by atoms with van der Waals surface area (Å²) in [6.07, 6.45) is 0.950. The molecule has 1 nitrogen and oxygen atoms in total. The topological polar surface area (TPSA) is 9.23 Å². The van der Waals surface area contributed by atoms with Crippen LogP contribution in [0.4, 0.5) is 0 Å². The van der Waals surface area contributed by atoms with Gasteiger partial charge in [-0.1, -0.05) is 27.5 Å². The number of thiophene rings is 1. The van der Waals surface area contributed by atoms with Crippen molar-refractivity contribution in [1.29, 1.82) is 0 Å². The number of ether oxygens (including phenoxy) is 1. The largest absolute Gasteiger partial charge is 0.493 e.